The fourth-order valence-electron chi connectivity index (χ4n) is 2.91. The summed E-state index contributed by atoms with van der Waals surface area (Å²) in [4.78, 5) is 4.23. The number of aromatic nitrogens is 3. The highest BCUT2D eigenvalue weighted by Crippen LogP contribution is 2.41. The van der Waals surface area contributed by atoms with Crippen molar-refractivity contribution in [3.63, 3.8) is 0 Å². The summed E-state index contributed by atoms with van der Waals surface area (Å²) in [5.41, 5.74) is 0.151. The summed E-state index contributed by atoms with van der Waals surface area (Å²) in [5.74, 6) is -0.0943. The van der Waals surface area contributed by atoms with Gasteiger partial charge in [0, 0.05) is 5.39 Å². The molecule has 126 valence electrons. The van der Waals surface area contributed by atoms with Gasteiger partial charge in [-0.15, -0.1) is 0 Å². The molecular weight excluding hydrogens is 331 g/mol. The molecule has 7 heteroatoms. The number of hydrogen-bond donors (Lipinski definition) is 0. The Hall–Kier alpha value is -3.09. The summed E-state index contributed by atoms with van der Waals surface area (Å²) in [6.07, 6.45) is -4.62. The van der Waals surface area contributed by atoms with Crippen LogP contribution in [0.15, 0.2) is 54.6 Å². The number of alkyl halides is 3. The molecule has 0 spiro atoms. The van der Waals surface area contributed by atoms with Crippen molar-refractivity contribution in [3.05, 3.63) is 60.3 Å². The Morgan fingerprint density at radius 3 is 2.32 bits per heavy atom. The highest BCUT2D eigenvalue weighted by Gasteiger charge is 2.40. The second-order valence-corrected chi connectivity index (χ2v) is 5.46. The molecule has 4 rings (SSSR count). The van der Waals surface area contributed by atoms with Crippen LogP contribution in [0.5, 0.6) is 5.88 Å². The molecule has 0 bridgehead atoms. The number of para-hydroxylation sites is 2. The molecule has 4 nitrogen and oxygen atoms in total. The molecule has 0 aliphatic heterocycles. The smallest absolute Gasteiger partial charge is 0.434 e. The molecule has 0 aliphatic carbocycles. The Kier molecular flexibility index (Phi) is 3.38. The Bertz CT molecular complexity index is 1070. The monoisotopic (exact) mass is 343 g/mol. The van der Waals surface area contributed by atoms with Crippen LogP contribution >= 0.6 is 0 Å². The minimum absolute atomic E-state index is 0.0943. The SMILES string of the molecule is COc1nc2ccccc2c2nn(-c3ccccc3)c(C(F)(F)F)c12. The fraction of sp³-hybridized carbons (Fsp3) is 0.111. The van der Waals surface area contributed by atoms with Crippen LogP contribution in [0.4, 0.5) is 13.2 Å². The normalized spacial score (nSPS) is 12.0. The van der Waals surface area contributed by atoms with E-state index in [0.29, 0.717) is 16.6 Å². The Balaban J connectivity index is 2.22. The minimum Gasteiger partial charge on any atom is -0.480 e. The summed E-state index contributed by atoms with van der Waals surface area (Å²) in [6, 6.07) is 15.1. The maximum Gasteiger partial charge on any atom is 0.434 e. The average Bonchev–Trinajstić information content (AvgIpc) is 3.03. The lowest BCUT2D eigenvalue weighted by atomic mass is 10.1. The van der Waals surface area contributed by atoms with Crippen LogP contribution in [-0.2, 0) is 6.18 Å². The highest BCUT2D eigenvalue weighted by atomic mass is 19.4. The van der Waals surface area contributed by atoms with E-state index in [9.17, 15) is 13.2 Å². The number of nitrogens with zero attached hydrogens (tertiary/aromatic N) is 3. The fourth-order valence-corrected chi connectivity index (χ4v) is 2.91. The van der Waals surface area contributed by atoms with Gasteiger partial charge in [-0.2, -0.15) is 18.3 Å². The second kappa shape index (κ2) is 5.47. The maximum absolute atomic E-state index is 13.9. The molecule has 25 heavy (non-hydrogen) atoms. The molecule has 2 aromatic carbocycles. The van der Waals surface area contributed by atoms with Crippen LogP contribution in [0.25, 0.3) is 27.5 Å². The summed E-state index contributed by atoms with van der Waals surface area (Å²) in [6.45, 7) is 0. The van der Waals surface area contributed by atoms with Crippen LogP contribution in [0.2, 0.25) is 0 Å². The number of halogens is 3. The molecule has 0 amide bonds. The van der Waals surface area contributed by atoms with E-state index in [0.717, 1.165) is 4.68 Å². The van der Waals surface area contributed by atoms with E-state index in [2.05, 4.69) is 10.1 Å². The molecule has 0 atom stereocenters. The maximum atomic E-state index is 13.9. The van der Waals surface area contributed by atoms with E-state index >= 15 is 0 Å². The van der Waals surface area contributed by atoms with E-state index in [1.54, 1.807) is 54.6 Å². The van der Waals surface area contributed by atoms with Gasteiger partial charge in [0.25, 0.3) is 0 Å². The molecule has 0 unspecified atom stereocenters. The van der Waals surface area contributed by atoms with Gasteiger partial charge in [0.05, 0.1) is 23.7 Å². The Morgan fingerprint density at radius 1 is 0.960 bits per heavy atom. The second-order valence-electron chi connectivity index (χ2n) is 5.46. The first-order chi connectivity index (χ1) is 12.0. The number of methoxy groups -OCH3 is 1. The lowest BCUT2D eigenvalue weighted by Crippen LogP contribution is -2.14. The molecule has 0 saturated carbocycles. The topological polar surface area (TPSA) is 39.9 Å². The van der Waals surface area contributed by atoms with Crippen molar-refractivity contribution < 1.29 is 17.9 Å². The molecule has 0 saturated heterocycles. The van der Waals surface area contributed by atoms with E-state index in [-0.39, 0.29) is 16.8 Å². The van der Waals surface area contributed by atoms with Crippen LogP contribution in [0.1, 0.15) is 5.69 Å². The number of hydrogen-bond acceptors (Lipinski definition) is 3. The van der Waals surface area contributed by atoms with Gasteiger partial charge in [-0.25, -0.2) is 9.67 Å². The predicted octanol–water partition coefficient (Wildman–Crippen LogP) is 4.60. The molecule has 0 fully saturated rings. The van der Waals surface area contributed by atoms with Gasteiger partial charge < -0.3 is 4.74 Å². The number of pyridine rings is 1. The Morgan fingerprint density at radius 2 is 1.64 bits per heavy atom. The third-order valence-corrected chi connectivity index (χ3v) is 3.94. The van der Waals surface area contributed by atoms with Crippen LogP contribution < -0.4 is 4.74 Å². The minimum atomic E-state index is -4.62. The lowest BCUT2D eigenvalue weighted by molar-refractivity contribution is -0.141. The van der Waals surface area contributed by atoms with Crippen LogP contribution in [-0.4, -0.2) is 21.9 Å². The van der Waals surface area contributed by atoms with Crippen LogP contribution in [0.3, 0.4) is 0 Å². The van der Waals surface area contributed by atoms with Crippen molar-refractivity contribution in [3.8, 4) is 11.6 Å². The number of ether oxygens (including phenoxy) is 1. The zero-order valence-electron chi connectivity index (χ0n) is 13.1. The summed E-state index contributed by atoms with van der Waals surface area (Å²) in [7, 11) is 1.30. The largest absolute Gasteiger partial charge is 0.480 e. The third-order valence-electron chi connectivity index (χ3n) is 3.94. The van der Waals surface area contributed by atoms with Gasteiger partial charge in [0.2, 0.25) is 5.88 Å². The number of rotatable bonds is 2. The highest BCUT2D eigenvalue weighted by molar-refractivity contribution is 6.06. The molecule has 0 N–H and O–H groups in total. The molecule has 0 radical (unpaired) electrons. The van der Waals surface area contributed by atoms with Crippen molar-refractivity contribution >= 4 is 21.8 Å². The lowest BCUT2D eigenvalue weighted by Gasteiger charge is -2.11. The molecule has 0 aliphatic rings. The van der Waals surface area contributed by atoms with Crippen molar-refractivity contribution in [2.45, 2.75) is 6.18 Å². The van der Waals surface area contributed by atoms with Gasteiger partial charge >= 0.3 is 6.18 Å². The summed E-state index contributed by atoms with van der Waals surface area (Å²) >= 11 is 0. The quantitative estimate of drug-likeness (QED) is 0.534. The van der Waals surface area contributed by atoms with Crippen molar-refractivity contribution in [2.75, 3.05) is 7.11 Å². The van der Waals surface area contributed by atoms with Gasteiger partial charge in [-0.1, -0.05) is 36.4 Å². The van der Waals surface area contributed by atoms with Gasteiger partial charge in [-0.3, -0.25) is 0 Å². The first-order valence-electron chi connectivity index (χ1n) is 7.49. The number of fused-ring (bicyclic) bond motifs is 3. The summed E-state index contributed by atoms with van der Waals surface area (Å²) in [5, 5.41) is 4.66. The van der Waals surface area contributed by atoms with E-state index in [4.69, 9.17) is 4.74 Å². The molecular formula is C18H12F3N3O. The molecule has 4 aromatic rings. The third kappa shape index (κ3) is 2.39. The van der Waals surface area contributed by atoms with Gasteiger partial charge in [0.1, 0.15) is 5.52 Å². The number of benzene rings is 2. The van der Waals surface area contributed by atoms with E-state index in [1.807, 2.05) is 0 Å². The standard InChI is InChI=1S/C18H12F3N3O/c1-25-17-14-15(12-9-5-6-10-13(12)22-17)23-24(16(14)18(19,20)21)11-7-3-2-4-8-11/h2-10H,1H3. The predicted molar refractivity (Wildman–Crippen MR) is 87.9 cm³/mol. The Labute approximate surface area is 140 Å². The van der Waals surface area contributed by atoms with Gasteiger partial charge in [0.15, 0.2) is 5.69 Å². The summed E-state index contributed by atoms with van der Waals surface area (Å²) < 4.78 is 47.7. The molecule has 2 heterocycles. The van der Waals surface area contributed by atoms with Gasteiger partial charge in [-0.05, 0) is 18.2 Å². The van der Waals surface area contributed by atoms with Crippen molar-refractivity contribution in [2.24, 2.45) is 0 Å². The average molecular weight is 343 g/mol. The van der Waals surface area contributed by atoms with Crippen molar-refractivity contribution in [1.29, 1.82) is 0 Å². The van der Waals surface area contributed by atoms with E-state index in [1.165, 1.54) is 7.11 Å². The van der Waals surface area contributed by atoms with Crippen molar-refractivity contribution in [1.82, 2.24) is 14.8 Å². The zero-order chi connectivity index (χ0) is 17.6. The first-order valence-corrected chi connectivity index (χ1v) is 7.49. The first kappa shape index (κ1) is 15.4. The zero-order valence-corrected chi connectivity index (χ0v) is 13.1. The van der Waals surface area contributed by atoms with Crippen LogP contribution in [0, 0.1) is 0 Å². The molecule has 2 aromatic heterocycles. The van der Waals surface area contributed by atoms with E-state index < -0.39 is 11.9 Å².